The SMILES string of the molecule is CC(C)S(=O)(=O)C1(N)C=C(n2ccnc2-c2ccccc2)C=CC1[N+](=O)[O-]. The maximum atomic E-state index is 12.9. The third-order valence-corrected chi connectivity index (χ3v) is 7.16. The Bertz CT molecular complexity index is 1020. The number of rotatable bonds is 5. The molecule has 0 saturated carbocycles. The minimum Gasteiger partial charge on any atom is -0.303 e. The number of aromatic nitrogens is 2. The zero-order chi connectivity index (χ0) is 19.8. The fourth-order valence-corrected chi connectivity index (χ4v) is 4.66. The molecule has 142 valence electrons. The molecule has 1 aromatic heterocycles. The van der Waals surface area contributed by atoms with Gasteiger partial charge in [0.15, 0.2) is 9.84 Å². The van der Waals surface area contributed by atoms with E-state index in [9.17, 15) is 18.5 Å². The van der Waals surface area contributed by atoms with Gasteiger partial charge in [0.2, 0.25) is 4.87 Å². The van der Waals surface area contributed by atoms with Crippen LogP contribution in [-0.2, 0) is 9.84 Å². The molecule has 1 aliphatic rings. The Labute approximate surface area is 157 Å². The van der Waals surface area contributed by atoms with Gasteiger partial charge in [-0.15, -0.1) is 0 Å². The highest BCUT2D eigenvalue weighted by Crippen LogP contribution is 2.33. The highest BCUT2D eigenvalue weighted by molar-refractivity contribution is 7.93. The molecule has 0 aliphatic heterocycles. The van der Waals surface area contributed by atoms with Gasteiger partial charge in [0.05, 0.1) is 5.25 Å². The molecule has 2 aromatic rings. The van der Waals surface area contributed by atoms with Crippen LogP contribution in [0.3, 0.4) is 0 Å². The summed E-state index contributed by atoms with van der Waals surface area (Å²) < 4.78 is 27.4. The number of nitrogens with zero attached hydrogens (tertiary/aromatic N) is 3. The van der Waals surface area contributed by atoms with Crippen LogP contribution in [-0.4, -0.2) is 39.1 Å². The largest absolute Gasteiger partial charge is 0.303 e. The zero-order valence-electron chi connectivity index (χ0n) is 14.9. The Balaban J connectivity index is 2.17. The van der Waals surface area contributed by atoms with Crippen LogP contribution < -0.4 is 5.73 Å². The first-order chi connectivity index (χ1) is 12.7. The molecule has 1 aromatic carbocycles. The number of nitrogens with two attached hydrogens (primary N) is 1. The maximum absolute atomic E-state index is 12.9. The van der Waals surface area contributed by atoms with Crippen molar-refractivity contribution in [2.24, 2.45) is 5.73 Å². The normalized spacial score (nSPS) is 22.7. The molecule has 2 atom stereocenters. The van der Waals surface area contributed by atoms with E-state index in [-0.39, 0.29) is 0 Å². The zero-order valence-corrected chi connectivity index (χ0v) is 15.7. The lowest BCUT2D eigenvalue weighted by molar-refractivity contribution is -0.513. The Morgan fingerprint density at radius 2 is 1.96 bits per heavy atom. The fourth-order valence-electron chi connectivity index (χ4n) is 3.06. The summed E-state index contributed by atoms with van der Waals surface area (Å²) in [5.41, 5.74) is 7.41. The molecule has 2 unspecified atom stereocenters. The highest BCUT2D eigenvalue weighted by Gasteiger charge is 2.54. The first-order valence-electron chi connectivity index (χ1n) is 8.34. The minimum atomic E-state index is -4.02. The smallest absolute Gasteiger partial charge is 0.267 e. The number of hydrogen-bond donors (Lipinski definition) is 1. The second-order valence-corrected chi connectivity index (χ2v) is 9.33. The molecule has 0 spiro atoms. The van der Waals surface area contributed by atoms with Crippen molar-refractivity contribution in [1.29, 1.82) is 0 Å². The van der Waals surface area contributed by atoms with Gasteiger partial charge in [0.25, 0.3) is 6.04 Å². The predicted octanol–water partition coefficient (Wildman–Crippen LogP) is 2.08. The summed E-state index contributed by atoms with van der Waals surface area (Å²) in [7, 11) is -4.02. The molecule has 1 aliphatic carbocycles. The van der Waals surface area contributed by atoms with Crippen molar-refractivity contribution in [2.75, 3.05) is 0 Å². The molecular formula is C18H20N4O4S. The van der Waals surface area contributed by atoms with Crippen molar-refractivity contribution >= 4 is 15.5 Å². The molecule has 3 rings (SSSR count). The van der Waals surface area contributed by atoms with E-state index in [1.165, 1.54) is 32.1 Å². The molecule has 8 nitrogen and oxygen atoms in total. The lowest BCUT2D eigenvalue weighted by Crippen LogP contribution is -2.60. The van der Waals surface area contributed by atoms with Gasteiger partial charge in [0, 0.05) is 28.6 Å². The standard InChI is InChI=1S/C18H20N4O4S/c1-13(2)27(25,26)18(19)12-15(8-9-16(18)22(23)24)21-11-10-20-17(21)14-6-4-3-5-7-14/h3-13,16H,19H2,1-2H3. The Morgan fingerprint density at radius 3 is 2.56 bits per heavy atom. The van der Waals surface area contributed by atoms with Gasteiger partial charge in [-0.1, -0.05) is 30.3 Å². The number of allylic oxidation sites excluding steroid dienone is 2. The first-order valence-corrected chi connectivity index (χ1v) is 9.89. The number of nitro groups is 1. The third kappa shape index (κ3) is 3.08. The maximum Gasteiger partial charge on any atom is 0.267 e. The van der Waals surface area contributed by atoms with Crippen LogP contribution >= 0.6 is 0 Å². The van der Waals surface area contributed by atoms with Crippen molar-refractivity contribution in [3.63, 3.8) is 0 Å². The van der Waals surface area contributed by atoms with Crippen LogP contribution in [0.1, 0.15) is 13.8 Å². The fraction of sp³-hybridized carbons (Fsp3) is 0.278. The number of imidazole rings is 1. The van der Waals surface area contributed by atoms with Crippen LogP contribution in [0.2, 0.25) is 0 Å². The van der Waals surface area contributed by atoms with E-state index >= 15 is 0 Å². The summed E-state index contributed by atoms with van der Waals surface area (Å²) in [5, 5.41) is 10.6. The molecule has 0 bridgehead atoms. The monoisotopic (exact) mass is 388 g/mol. The van der Waals surface area contributed by atoms with Gasteiger partial charge in [-0.25, -0.2) is 13.4 Å². The van der Waals surface area contributed by atoms with Crippen molar-refractivity contribution in [2.45, 2.75) is 30.0 Å². The molecule has 0 radical (unpaired) electrons. The van der Waals surface area contributed by atoms with Gasteiger partial charge < -0.3 is 10.3 Å². The van der Waals surface area contributed by atoms with E-state index in [2.05, 4.69) is 4.98 Å². The summed E-state index contributed by atoms with van der Waals surface area (Å²) in [4.78, 5) is 13.0. The van der Waals surface area contributed by atoms with Crippen molar-refractivity contribution in [1.82, 2.24) is 9.55 Å². The Kier molecular flexibility index (Phi) is 4.75. The van der Waals surface area contributed by atoms with E-state index in [1.54, 1.807) is 17.0 Å². The number of hydrogen-bond acceptors (Lipinski definition) is 6. The van der Waals surface area contributed by atoms with Crippen LogP contribution in [0.4, 0.5) is 0 Å². The van der Waals surface area contributed by atoms with Gasteiger partial charge in [-0.2, -0.15) is 0 Å². The summed E-state index contributed by atoms with van der Waals surface area (Å²) in [6.45, 7) is 2.92. The van der Waals surface area contributed by atoms with E-state index in [0.29, 0.717) is 11.5 Å². The summed E-state index contributed by atoms with van der Waals surface area (Å²) >= 11 is 0. The van der Waals surface area contributed by atoms with Crippen molar-refractivity contribution in [3.8, 4) is 11.4 Å². The molecule has 0 fully saturated rings. The summed E-state index contributed by atoms with van der Waals surface area (Å²) in [5.74, 6) is 0.579. The van der Waals surface area contributed by atoms with Gasteiger partial charge in [0.1, 0.15) is 5.82 Å². The number of benzene rings is 1. The van der Waals surface area contributed by atoms with Crippen LogP contribution in [0.5, 0.6) is 0 Å². The molecule has 0 saturated heterocycles. The first kappa shape index (κ1) is 19.0. The summed E-state index contributed by atoms with van der Waals surface area (Å²) in [6.07, 6.45) is 7.22. The van der Waals surface area contributed by atoms with Gasteiger partial charge in [-0.05, 0) is 32.1 Å². The van der Waals surface area contributed by atoms with Gasteiger partial charge in [-0.3, -0.25) is 10.1 Å². The second-order valence-electron chi connectivity index (χ2n) is 6.59. The minimum absolute atomic E-state index is 0.413. The van der Waals surface area contributed by atoms with Crippen LogP contribution in [0.25, 0.3) is 17.1 Å². The lowest BCUT2D eigenvalue weighted by Gasteiger charge is -2.32. The predicted molar refractivity (Wildman–Crippen MR) is 103 cm³/mol. The van der Waals surface area contributed by atoms with E-state index in [4.69, 9.17) is 5.73 Å². The summed E-state index contributed by atoms with van der Waals surface area (Å²) in [6, 6.07) is 7.76. The van der Waals surface area contributed by atoms with Crippen molar-refractivity contribution < 1.29 is 13.3 Å². The molecule has 2 N–H and O–H groups in total. The Morgan fingerprint density at radius 1 is 1.30 bits per heavy atom. The van der Waals surface area contributed by atoms with E-state index in [1.807, 2.05) is 30.3 Å². The molecule has 27 heavy (non-hydrogen) atoms. The number of sulfone groups is 1. The second kappa shape index (κ2) is 6.75. The quantitative estimate of drug-likeness (QED) is 0.618. The lowest BCUT2D eigenvalue weighted by atomic mass is 10.0. The molecule has 0 amide bonds. The van der Waals surface area contributed by atoms with Crippen LogP contribution in [0.15, 0.2) is 61.0 Å². The molecule has 9 heteroatoms. The average molecular weight is 388 g/mol. The van der Waals surface area contributed by atoms with E-state index in [0.717, 1.165) is 5.56 Å². The van der Waals surface area contributed by atoms with Crippen molar-refractivity contribution in [3.05, 3.63) is 71.1 Å². The average Bonchev–Trinajstić information content (AvgIpc) is 3.11. The molecule has 1 heterocycles. The Hall–Kier alpha value is -2.78. The van der Waals surface area contributed by atoms with Gasteiger partial charge >= 0.3 is 0 Å². The topological polar surface area (TPSA) is 121 Å². The highest BCUT2D eigenvalue weighted by atomic mass is 32.2. The molecular weight excluding hydrogens is 368 g/mol. The van der Waals surface area contributed by atoms with E-state index < -0.39 is 30.9 Å². The van der Waals surface area contributed by atoms with Crippen LogP contribution in [0, 0.1) is 10.1 Å². The third-order valence-electron chi connectivity index (χ3n) is 4.58.